The molecule has 0 spiro atoms. The molecule has 0 saturated heterocycles. The Kier molecular flexibility index (Phi) is 7.02. The molecule has 1 aromatic carbocycles. The lowest BCUT2D eigenvalue weighted by Gasteiger charge is -2.09. The summed E-state index contributed by atoms with van der Waals surface area (Å²) in [7, 11) is 0. The van der Waals surface area contributed by atoms with Crippen LogP contribution < -0.4 is 4.74 Å². The summed E-state index contributed by atoms with van der Waals surface area (Å²) in [6, 6.07) is 7.82. The fraction of sp³-hybridized carbons (Fsp3) is 0.538. The average Bonchev–Trinajstić information content (AvgIpc) is 2.34. The van der Waals surface area contributed by atoms with Crippen molar-refractivity contribution in [2.75, 3.05) is 19.8 Å². The first-order chi connectivity index (χ1) is 7.88. The number of halogens is 1. The molecule has 2 nitrogen and oxygen atoms in total. The Balaban J connectivity index is 2.21. The van der Waals surface area contributed by atoms with Gasteiger partial charge in [-0.1, -0.05) is 31.5 Å². The van der Waals surface area contributed by atoms with Crippen LogP contribution in [0.25, 0.3) is 0 Å². The molecule has 0 aliphatic heterocycles. The van der Waals surface area contributed by atoms with Gasteiger partial charge in [0.15, 0.2) is 0 Å². The van der Waals surface area contributed by atoms with Crippen LogP contribution in [0.1, 0.15) is 25.3 Å². The average molecular weight is 243 g/mol. The van der Waals surface area contributed by atoms with Gasteiger partial charge in [-0.15, -0.1) is 11.6 Å². The van der Waals surface area contributed by atoms with E-state index in [4.69, 9.17) is 21.1 Å². The van der Waals surface area contributed by atoms with Crippen molar-refractivity contribution in [1.82, 2.24) is 0 Å². The molecule has 90 valence electrons. The number of para-hydroxylation sites is 1. The topological polar surface area (TPSA) is 18.5 Å². The largest absolute Gasteiger partial charge is 0.491 e. The molecule has 0 atom stereocenters. The summed E-state index contributed by atoms with van der Waals surface area (Å²) < 4.78 is 11.0. The van der Waals surface area contributed by atoms with Gasteiger partial charge >= 0.3 is 0 Å². The smallest absolute Gasteiger partial charge is 0.123 e. The molecule has 0 aliphatic rings. The zero-order valence-electron chi connectivity index (χ0n) is 9.75. The minimum Gasteiger partial charge on any atom is -0.491 e. The third kappa shape index (κ3) is 4.86. The summed E-state index contributed by atoms with van der Waals surface area (Å²) in [6.07, 6.45) is 2.27. The number of ether oxygens (including phenoxy) is 2. The van der Waals surface area contributed by atoms with Crippen LogP contribution in [0.2, 0.25) is 0 Å². The van der Waals surface area contributed by atoms with Crippen molar-refractivity contribution in [2.24, 2.45) is 0 Å². The highest BCUT2D eigenvalue weighted by Gasteiger charge is 2.00. The molecular formula is C13H19ClO2. The zero-order chi connectivity index (χ0) is 11.6. The Morgan fingerprint density at radius 2 is 1.94 bits per heavy atom. The maximum Gasteiger partial charge on any atom is 0.123 e. The molecule has 0 aliphatic carbocycles. The van der Waals surface area contributed by atoms with Crippen molar-refractivity contribution in [2.45, 2.75) is 25.6 Å². The van der Waals surface area contributed by atoms with Crippen molar-refractivity contribution in [3.05, 3.63) is 29.8 Å². The first kappa shape index (κ1) is 13.3. The Bertz CT molecular complexity index is 289. The van der Waals surface area contributed by atoms with Crippen molar-refractivity contribution in [3.8, 4) is 5.75 Å². The lowest BCUT2D eigenvalue weighted by molar-refractivity contribution is 0.0978. The number of hydrogen-bond acceptors (Lipinski definition) is 2. The van der Waals surface area contributed by atoms with E-state index in [0.29, 0.717) is 19.1 Å². The van der Waals surface area contributed by atoms with Crippen LogP contribution in [-0.2, 0) is 10.6 Å². The summed E-state index contributed by atoms with van der Waals surface area (Å²) in [5.74, 6) is 1.34. The van der Waals surface area contributed by atoms with Crippen LogP contribution in [0, 0.1) is 0 Å². The zero-order valence-corrected chi connectivity index (χ0v) is 10.5. The molecule has 16 heavy (non-hydrogen) atoms. The Hall–Kier alpha value is -0.730. The lowest BCUT2D eigenvalue weighted by Crippen LogP contribution is -2.08. The van der Waals surface area contributed by atoms with Gasteiger partial charge in [-0.3, -0.25) is 0 Å². The maximum atomic E-state index is 5.80. The van der Waals surface area contributed by atoms with E-state index in [2.05, 4.69) is 6.92 Å². The summed E-state index contributed by atoms with van der Waals surface area (Å²) in [5.41, 5.74) is 1.03. The van der Waals surface area contributed by atoms with Crippen LogP contribution >= 0.6 is 11.6 Å². The standard InChI is InChI=1S/C13H19ClO2/c1-2-3-8-15-9-10-16-13-7-5-4-6-12(13)11-14/h4-7H,2-3,8-11H2,1H3. The lowest BCUT2D eigenvalue weighted by atomic mass is 10.2. The second-order valence-corrected chi connectivity index (χ2v) is 3.82. The Morgan fingerprint density at radius 3 is 2.69 bits per heavy atom. The fourth-order valence-electron chi connectivity index (χ4n) is 1.31. The minimum absolute atomic E-state index is 0.479. The second kappa shape index (κ2) is 8.43. The summed E-state index contributed by atoms with van der Waals surface area (Å²) in [4.78, 5) is 0. The van der Waals surface area contributed by atoms with Gasteiger partial charge in [-0.25, -0.2) is 0 Å². The van der Waals surface area contributed by atoms with Gasteiger partial charge in [0.05, 0.1) is 12.5 Å². The van der Waals surface area contributed by atoms with Crippen molar-refractivity contribution < 1.29 is 9.47 Å². The molecule has 0 amide bonds. The molecule has 0 radical (unpaired) electrons. The summed E-state index contributed by atoms with van der Waals surface area (Å²) in [6.45, 7) is 4.18. The van der Waals surface area contributed by atoms with E-state index in [-0.39, 0.29) is 0 Å². The maximum absolute atomic E-state index is 5.80. The SMILES string of the molecule is CCCCOCCOc1ccccc1CCl. The monoisotopic (exact) mass is 242 g/mol. The molecule has 1 rings (SSSR count). The number of hydrogen-bond donors (Lipinski definition) is 0. The molecule has 0 bridgehead atoms. The summed E-state index contributed by atoms with van der Waals surface area (Å²) >= 11 is 5.80. The molecule has 0 N–H and O–H groups in total. The Morgan fingerprint density at radius 1 is 1.12 bits per heavy atom. The number of benzene rings is 1. The summed E-state index contributed by atoms with van der Waals surface area (Å²) in [5, 5.41) is 0. The van der Waals surface area contributed by atoms with E-state index in [0.717, 1.165) is 30.8 Å². The first-order valence-corrected chi connectivity index (χ1v) is 6.26. The van der Waals surface area contributed by atoms with Gasteiger partial charge in [0.1, 0.15) is 12.4 Å². The second-order valence-electron chi connectivity index (χ2n) is 3.56. The van der Waals surface area contributed by atoms with Crippen molar-refractivity contribution in [3.63, 3.8) is 0 Å². The van der Waals surface area contributed by atoms with Crippen LogP contribution in [0.15, 0.2) is 24.3 Å². The number of unbranched alkanes of at least 4 members (excludes halogenated alkanes) is 1. The highest BCUT2D eigenvalue weighted by Crippen LogP contribution is 2.19. The molecule has 0 saturated carbocycles. The van der Waals surface area contributed by atoms with E-state index in [1.807, 2.05) is 24.3 Å². The molecule has 0 unspecified atom stereocenters. The molecule has 0 heterocycles. The van der Waals surface area contributed by atoms with Gasteiger partial charge in [0.25, 0.3) is 0 Å². The van der Waals surface area contributed by atoms with Crippen molar-refractivity contribution >= 4 is 11.6 Å². The fourth-order valence-corrected chi connectivity index (χ4v) is 1.53. The highest BCUT2D eigenvalue weighted by molar-refractivity contribution is 6.17. The van der Waals surface area contributed by atoms with E-state index in [1.54, 1.807) is 0 Å². The van der Waals surface area contributed by atoms with Gasteiger partial charge in [0, 0.05) is 12.2 Å². The van der Waals surface area contributed by atoms with Crippen LogP contribution in [0.5, 0.6) is 5.75 Å². The third-order valence-electron chi connectivity index (χ3n) is 2.24. The van der Waals surface area contributed by atoms with Crippen molar-refractivity contribution in [1.29, 1.82) is 0 Å². The quantitative estimate of drug-likeness (QED) is 0.512. The molecule has 0 aromatic heterocycles. The predicted octanol–water partition coefficient (Wildman–Crippen LogP) is 3.62. The van der Waals surface area contributed by atoms with Gasteiger partial charge < -0.3 is 9.47 Å². The number of alkyl halides is 1. The predicted molar refractivity (Wildman–Crippen MR) is 67.2 cm³/mol. The van der Waals surface area contributed by atoms with Gasteiger partial charge in [-0.05, 0) is 12.5 Å². The van der Waals surface area contributed by atoms with E-state index in [1.165, 1.54) is 0 Å². The van der Waals surface area contributed by atoms with Gasteiger partial charge in [-0.2, -0.15) is 0 Å². The third-order valence-corrected chi connectivity index (χ3v) is 2.53. The van der Waals surface area contributed by atoms with E-state index < -0.39 is 0 Å². The van der Waals surface area contributed by atoms with E-state index >= 15 is 0 Å². The van der Waals surface area contributed by atoms with E-state index in [9.17, 15) is 0 Å². The molecule has 0 fully saturated rings. The highest BCUT2D eigenvalue weighted by atomic mass is 35.5. The van der Waals surface area contributed by atoms with Crippen LogP contribution in [0.3, 0.4) is 0 Å². The normalized spacial score (nSPS) is 10.4. The minimum atomic E-state index is 0.479. The molecule has 3 heteroatoms. The molecular weight excluding hydrogens is 224 g/mol. The first-order valence-electron chi connectivity index (χ1n) is 5.73. The van der Waals surface area contributed by atoms with Crippen LogP contribution in [0.4, 0.5) is 0 Å². The molecule has 1 aromatic rings. The van der Waals surface area contributed by atoms with Crippen LogP contribution in [-0.4, -0.2) is 19.8 Å². The number of rotatable bonds is 8. The Labute approximate surface area is 103 Å². The van der Waals surface area contributed by atoms with Gasteiger partial charge in [0.2, 0.25) is 0 Å².